The Morgan fingerprint density at radius 2 is 2.30 bits per heavy atom. The van der Waals surface area contributed by atoms with Crippen molar-refractivity contribution in [2.75, 3.05) is 19.8 Å². The van der Waals surface area contributed by atoms with Crippen LogP contribution in [0.15, 0.2) is 30.7 Å². The highest BCUT2D eigenvalue weighted by molar-refractivity contribution is 5.39. The van der Waals surface area contributed by atoms with Gasteiger partial charge in [-0.2, -0.15) is 0 Å². The lowest BCUT2D eigenvalue weighted by Gasteiger charge is -2.34. The summed E-state index contributed by atoms with van der Waals surface area (Å²) >= 11 is 0. The first-order valence-electron chi connectivity index (χ1n) is 7.89. The van der Waals surface area contributed by atoms with Crippen LogP contribution in [0.2, 0.25) is 0 Å². The Labute approximate surface area is 134 Å². The highest BCUT2D eigenvalue weighted by Crippen LogP contribution is 2.47. The number of rotatable bonds is 3. The molecular weight excluding hydrogens is 297 g/mol. The fourth-order valence-electron chi connectivity index (χ4n) is 3.90. The highest BCUT2D eigenvalue weighted by Gasteiger charge is 2.46. The predicted molar refractivity (Wildman–Crippen MR) is 82.3 cm³/mol. The number of aliphatic hydroxyl groups excluding tert-OH is 1. The van der Waals surface area contributed by atoms with Crippen molar-refractivity contribution < 1.29 is 14.2 Å². The van der Waals surface area contributed by atoms with E-state index >= 15 is 0 Å². The summed E-state index contributed by atoms with van der Waals surface area (Å²) in [7, 11) is 1.97. The average Bonchev–Trinajstić information content (AvgIpc) is 3.11. The molecular formula is C17H20FN3O2. The zero-order valence-corrected chi connectivity index (χ0v) is 13.0. The van der Waals surface area contributed by atoms with E-state index in [1.54, 1.807) is 18.5 Å². The molecule has 3 heterocycles. The van der Waals surface area contributed by atoms with Crippen LogP contribution in [0, 0.1) is 17.7 Å². The quantitative estimate of drug-likeness (QED) is 0.937. The number of ether oxygens (including phenoxy) is 1. The van der Waals surface area contributed by atoms with Crippen LogP contribution in [-0.4, -0.2) is 39.3 Å². The third-order valence-corrected chi connectivity index (χ3v) is 5.11. The van der Waals surface area contributed by atoms with E-state index < -0.39 is 0 Å². The first kappa shape index (κ1) is 14.7. The maximum Gasteiger partial charge on any atom is 0.124 e. The van der Waals surface area contributed by atoms with Crippen molar-refractivity contribution in [3.05, 3.63) is 47.8 Å². The number of fused-ring (bicyclic) bond motifs is 3. The molecule has 2 aromatic rings. The Morgan fingerprint density at radius 1 is 1.43 bits per heavy atom. The number of hydrogen-bond acceptors (Lipinski definition) is 4. The van der Waals surface area contributed by atoms with Crippen molar-refractivity contribution in [1.82, 2.24) is 14.5 Å². The lowest BCUT2D eigenvalue weighted by atomic mass is 9.85. The van der Waals surface area contributed by atoms with E-state index in [4.69, 9.17) is 4.74 Å². The second kappa shape index (κ2) is 5.62. The maximum atomic E-state index is 13.8. The van der Waals surface area contributed by atoms with Gasteiger partial charge in [-0.05, 0) is 18.2 Å². The van der Waals surface area contributed by atoms with E-state index in [-0.39, 0.29) is 30.3 Å². The minimum atomic E-state index is -0.249. The van der Waals surface area contributed by atoms with Gasteiger partial charge in [0.2, 0.25) is 0 Å². The number of benzene rings is 1. The molecule has 6 heteroatoms. The highest BCUT2D eigenvalue weighted by atomic mass is 19.1. The van der Waals surface area contributed by atoms with Crippen molar-refractivity contribution >= 4 is 0 Å². The topological polar surface area (TPSA) is 50.5 Å². The second-order valence-electron chi connectivity index (χ2n) is 6.47. The molecule has 5 nitrogen and oxygen atoms in total. The monoisotopic (exact) mass is 317 g/mol. The van der Waals surface area contributed by atoms with Crippen LogP contribution in [-0.2, 0) is 13.6 Å². The molecule has 1 fully saturated rings. The van der Waals surface area contributed by atoms with E-state index in [0.29, 0.717) is 6.61 Å². The Bertz CT molecular complexity index is 718. The summed E-state index contributed by atoms with van der Waals surface area (Å²) in [6, 6.07) is 4.78. The Hall–Kier alpha value is -1.92. The molecule has 0 unspecified atom stereocenters. The van der Waals surface area contributed by atoms with Gasteiger partial charge in [-0.25, -0.2) is 9.37 Å². The summed E-state index contributed by atoms with van der Waals surface area (Å²) in [5, 5.41) is 9.73. The lowest BCUT2D eigenvalue weighted by Crippen LogP contribution is -2.32. The van der Waals surface area contributed by atoms with Gasteiger partial charge in [0.05, 0.1) is 18.6 Å². The zero-order valence-electron chi connectivity index (χ0n) is 13.0. The summed E-state index contributed by atoms with van der Waals surface area (Å²) in [6.45, 7) is 2.19. The number of halogens is 1. The molecule has 122 valence electrons. The zero-order chi connectivity index (χ0) is 16.0. The molecule has 1 aromatic heterocycles. The number of imidazole rings is 1. The summed E-state index contributed by atoms with van der Waals surface area (Å²) in [4.78, 5) is 6.48. The first-order valence-corrected chi connectivity index (χ1v) is 7.89. The summed E-state index contributed by atoms with van der Waals surface area (Å²) < 4.78 is 21.6. The largest absolute Gasteiger partial charge is 0.493 e. The summed E-state index contributed by atoms with van der Waals surface area (Å²) in [5.41, 5.74) is 1.99. The van der Waals surface area contributed by atoms with Crippen LogP contribution in [0.25, 0.3) is 0 Å². The first-order chi connectivity index (χ1) is 11.2. The van der Waals surface area contributed by atoms with Gasteiger partial charge in [0.15, 0.2) is 0 Å². The number of aromatic nitrogens is 2. The fraction of sp³-hybridized carbons (Fsp3) is 0.471. The molecule has 0 aliphatic carbocycles. The van der Waals surface area contributed by atoms with Gasteiger partial charge in [0.1, 0.15) is 11.6 Å². The number of aryl methyl sites for hydroxylation is 1. The fourth-order valence-corrected chi connectivity index (χ4v) is 3.90. The standard InChI is InChI=1S/C17H20FN3O2/c1-20-10-19-5-13(20)7-21-6-11(8-22)15-9-23-16-3-2-12(18)4-14(16)17(15)21/h2-5,10-11,15,17,22H,6-9H2,1H3/t11-,15-,17-/m0/s1. The van der Waals surface area contributed by atoms with E-state index in [9.17, 15) is 9.50 Å². The SMILES string of the molecule is Cn1cncc1CN1C[C@@H](CO)[C@@H]2COc3ccc(F)cc3[C@@H]21. The molecule has 2 aliphatic heterocycles. The van der Waals surface area contributed by atoms with Gasteiger partial charge in [-0.1, -0.05) is 0 Å². The normalized spacial score (nSPS) is 26.7. The lowest BCUT2D eigenvalue weighted by molar-refractivity contribution is 0.117. The van der Waals surface area contributed by atoms with E-state index in [2.05, 4.69) is 9.88 Å². The van der Waals surface area contributed by atoms with Crippen molar-refractivity contribution in [1.29, 1.82) is 0 Å². The van der Waals surface area contributed by atoms with Crippen LogP contribution < -0.4 is 4.74 Å². The van der Waals surface area contributed by atoms with Crippen molar-refractivity contribution in [3.63, 3.8) is 0 Å². The number of nitrogens with zero attached hydrogens (tertiary/aromatic N) is 3. The van der Waals surface area contributed by atoms with Crippen LogP contribution >= 0.6 is 0 Å². The van der Waals surface area contributed by atoms with E-state index in [0.717, 1.165) is 30.1 Å². The van der Waals surface area contributed by atoms with Crippen LogP contribution in [0.5, 0.6) is 5.75 Å². The number of aliphatic hydroxyl groups is 1. The minimum absolute atomic E-state index is 0.0708. The Balaban J connectivity index is 1.71. The molecule has 0 amide bonds. The predicted octanol–water partition coefficient (Wildman–Crippen LogP) is 1.73. The Morgan fingerprint density at radius 3 is 3.04 bits per heavy atom. The molecule has 0 bridgehead atoms. The molecule has 4 rings (SSSR count). The van der Waals surface area contributed by atoms with Crippen LogP contribution in [0.3, 0.4) is 0 Å². The van der Waals surface area contributed by atoms with Crippen molar-refractivity contribution in [3.8, 4) is 5.75 Å². The van der Waals surface area contributed by atoms with Gasteiger partial charge in [-0.3, -0.25) is 4.90 Å². The van der Waals surface area contributed by atoms with E-state index in [1.807, 2.05) is 17.8 Å². The molecule has 0 saturated carbocycles. The van der Waals surface area contributed by atoms with Crippen molar-refractivity contribution in [2.45, 2.75) is 12.6 Å². The molecule has 1 saturated heterocycles. The summed E-state index contributed by atoms with van der Waals surface area (Å²) in [5.74, 6) is 0.828. The van der Waals surface area contributed by atoms with Gasteiger partial charge < -0.3 is 14.4 Å². The molecule has 3 atom stereocenters. The van der Waals surface area contributed by atoms with Crippen molar-refractivity contribution in [2.24, 2.45) is 18.9 Å². The molecule has 23 heavy (non-hydrogen) atoms. The van der Waals surface area contributed by atoms with Gasteiger partial charge in [0, 0.05) is 56.4 Å². The second-order valence-corrected chi connectivity index (χ2v) is 6.47. The maximum absolute atomic E-state index is 13.8. The third-order valence-electron chi connectivity index (χ3n) is 5.11. The average molecular weight is 317 g/mol. The van der Waals surface area contributed by atoms with Crippen LogP contribution in [0.1, 0.15) is 17.3 Å². The molecule has 2 aliphatic rings. The number of likely N-dealkylation sites (tertiary alicyclic amines) is 1. The van der Waals surface area contributed by atoms with Crippen LogP contribution in [0.4, 0.5) is 4.39 Å². The minimum Gasteiger partial charge on any atom is -0.493 e. The van der Waals surface area contributed by atoms with Gasteiger partial charge in [0.25, 0.3) is 0 Å². The molecule has 1 aromatic carbocycles. The smallest absolute Gasteiger partial charge is 0.124 e. The molecule has 1 N–H and O–H groups in total. The molecule has 0 spiro atoms. The molecule has 0 radical (unpaired) electrons. The van der Waals surface area contributed by atoms with E-state index in [1.165, 1.54) is 6.07 Å². The van der Waals surface area contributed by atoms with Gasteiger partial charge >= 0.3 is 0 Å². The summed E-state index contributed by atoms with van der Waals surface area (Å²) in [6.07, 6.45) is 3.64. The third kappa shape index (κ3) is 2.42. The number of hydrogen-bond donors (Lipinski definition) is 1. The Kier molecular flexibility index (Phi) is 3.58. The van der Waals surface area contributed by atoms with Gasteiger partial charge in [-0.15, -0.1) is 0 Å².